The standard InChI is InChI=1S/C19H22N4O4/c1-12-9-18(25)27-16-8-13(2)15(10-14(12)16)21-19(26)23(6-7-24)11-17-20-4-5-22(17)3/h4-5,8-10,24H,6-7,11H2,1-3H3,(H,21,26). The fourth-order valence-electron chi connectivity index (χ4n) is 2.89. The average Bonchev–Trinajstić information content (AvgIpc) is 3.00. The molecule has 3 rings (SSSR count). The Labute approximate surface area is 156 Å². The third kappa shape index (κ3) is 4.01. The summed E-state index contributed by atoms with van der Waals surface area (Å²) < 4.78 is 7.05. The van der Waals surface area contributed by atoms with E-state index in [2.05, 4.69) is 10.3 Å². The number of hydrogen-bond donors (Lipinski definition) is 2. The van der Waals surface area contributed by atoms with Gasteiger partial charge in [-0.1, -0.05) is 0 Å². The van der Waals surface area contributed by atoms with Crippen LogP contribution in [0.3, 0.4) is 0 Å². The van der Waals surface area contributed by atoms with E-state index in [0.717, 1.165) is 16.5 Å². The highest BCUT2D eigenvalue weighted by atomic mass is 16.4. The van der Waals surface area contributed by atoms with E-state index in [0.29, 0.717) is 17.1 Å². The Kier molecular flexibility index (Phi) is 5.27. The van der Waals surface area contributed by atoms with E-state index in [-0.39, 0.29) is 25.7 Å². The number of aliphatic hydroxyl groups excluding tert-OH is 1. The fraction of sp³-hybridized carbons (Fsp3) is 0.316. The molecule has 142 valence electrons. The minimum Gasteiger partial charge on any atom is -0.423 e. The molecule has 27 heavy (non-hydrogen) atoms. The van der Waals surface area contributed by atoms with Gasteiger partial charge in [-0.25, -0.2) is 14.6 Å². The summed E-state index contributed by atoms with van der Waals surface area (Å²) >= 11 is 0. The van der Waals surface area contributed by atoms with E-state index in [1.165, 1.54) is 11.0 Å². The quantitative estimate of drug-likeness (QED) is 0.671. The molecule has 2 aromatic heterocycles. The average molecular weight is 370 g/mol. The van der Waals surface area contributed by atoms with Crippen molar-refractivity contribution >= 4 is 22.7 Å². The number of anilines is 1. The van der Waals surface area contributed by atoms with Crippen LogP contribution < -0.4 is 10.9 Å². The van der Waals surface area contributed by atoms with Crippen molar-refractivity contribution in [3.05, 3.63) is 58.0 Å². The predicted octanol–water partition coefficient (Wildman–Crippen LogP) is 2.17. The van der Waals surface area contributed by atoms with Gasteiger partial charge in [0.1, 0.15) is 11.4 Å². The first-order chi connectivity index (χ1) is 12.9. The molecule has 2 N–H and O–H groups in total. The minimum atomic E-state index is -0.402. The number of amides is 2. The molecule has 0 saturated heterocycles. The number of rotatable bonds is 5. The second kappa shape index (κ2) is 7.63. The lowest BCUT2D eigenvalue weighted by molar-refractivity contribution is 0.183. The van der Waals surface area contributed by atoms with Crippen LogP contribution in [-0.4, -0.2) is 38.7 Å². The number of imidazole rings is 1. The number of urea groups is 1. The zero-order valence-electron chi connectivity index (χ0n) is 15.5. The molecule has 0 saturated carbocycles. The summed E-state index contributed by atoms with van der Waals surface area (Å²) in [5.41, 5.74) is 2.24. The monoisotopic (exact) mass is 370 g/mol. The Morgan fingerprint density at radius 1 is 1.30 bits per heavy atom. The van der Waals surface area contributed by atoms with Gasteiger partial charge in [0.25, 0.3) is 0 Å². The second-order valence-corrected chi connectivity index (χ2v) is 6.44. The molecule has 0 aliphatic rings. The maximum Gasteiger partial charge on any atom is 0.336 e. The maximum atomic E-state index is 12.8. The van der Waals surface area contributed by atoms with Crippen LogP contribution in [-0.2, 0) is 13.6 Å². The summed E-state index contributed by atoms with van der Waals surface area (Å²) in [6, 6.07) is 4.60. The first-order valence-corrected chi connectivity index (χ1v) is 8.57. The highest BCUT2D eigenvalue weighted by molar-refractivity contribution is 5.94. The van der Waals surface area contributed by atoms with Crippen LogP contribution in [0.1, 0.15) is 17.0 Å². The summed E-state index contributed by atoms with van der Waals surface area (Å²) in [5.74, 6) is 0.714. The topological polar surface area (TPSA) is 101 Å². The van der Waals surface area contributed by atoms with E-state index < -0.39 is 5.63 Å². The highest BCUT2D eigenvalue weighted by Crippen LogP contribution is 2.25. The molecule has 2 amide bonds. The van der Waals surface area contributed by atoms with Gasteiger partial charge < -0.3 is 24.3 Å². The number of nitrogens with one attached hydrogen (secondary N) is 1. The molecule has 0 aliphatic heterocycles. The van der Waals surface area contributed by atoms with Crippen LogP contribution in [0.15, 0.2) is 39.8 Å². The number of fused-ring (bicyclic) bond motifs is 1. The number of aromatic nitrogens is 2. The van der Waals surface area contributed by atoms with E-state index in [1.807, 2.05) is 25.5 Å². The molecule has 3 aromatic rings. The van der Waals surface area contributed by atoms with E-state index in [1.54, 1.807) is 24.5 Å². The predicted molar refractivity (Wildman–Crippen MR) is 102 cm³/mol. The Hall–Kier alpha value is -3.13. The summed E-state index contributed by atoms with van der Waals surface area (Å²) in [6.07, 6.45) is 3.46. The number of hydrogen-bond acceptors (Lipinski definition) is 5. The van der Waals surface area contributed by atoms with Crippen LogP contribution >= 0.6 is 0 Å². The third-order valence-electron chi connectivity index (χ3n) is 4.45. The van der Waals surface area contributed by atoms with Crippen molar-refractivity contribution in [2.75, 3.05) is 18.5 Å². The van der Waals surface area contributed by atoms with Crippen LogP contribution in [0.25, 0.3) is 11.0 Å². The number of benzene rings is 1. The van der Waals surface area contributed by atoms with Crippen LogP contribution in [0.4, 0.5) is 10.5 Å². The first kappa shape index (κ1) is 18.7. The van der Waals surface area contributed by atoms with Gasteiger partial charge in [0.2, 0.25) is 0 Å². The lowest BCUT2D eigenvalue weighted by atomic mass is 10.1. The van der Waals surface area contributed by atoms with Gasteiger partial charge in [0.05, 0.1) is 13.2 Å². The van der Waals surface area contributed by atoms with Crippen molar-refractivity contribution in [1.29, 1.82) is 0 Å². The van der Waals surface area contributed by atoms with E-state index >= 15 is 0 Å². The molecule has 1 aromatic carbocycles. The molecule has 0 bridgehead atoms. The molecule has 0 radical (unpaired) electrons. The van der Waals surface area contributed by atoms with Crippen LogP contribution in [0.5, 0.6) is 0 Å². The summed E-state index contributed by atoms with van der Waals surface area (Å²) in [4.78, 5) is 30.0. The fourth-order valence-corrected chi connectivity index (χ4v) is 2.89. The summed E-state index contributed by atoms with van der Waals surface area (Å²) in [7, 11) is 1.85. The zero-order valence-corrected chi connectivity index (χ0v) is 15.5. The summed E-state index contributed by atoms with van der Waals surface area (Å²) in [5, 5.41) is 13.0. The van der Waals surface area contributed by atoms with Gasteiger partial charge in [0.15, 0.2) is 0 Å². The van der Waals surface area contributed by atoms with Gasteiger partial charge in [-0.3, -0.25) is 0 Å². The SMILES string of the molecule is Cc1cc2oc(=O)cc(C)c2cc1NC(=O)N(CCO)Cc1nccn1C. The number of carbonyl (C=O) groups is 1. The smallest absolute Gasteiger partial charge is 0.336 e. The molecule has 0 aliphatic carbocycles. The highest BCUT2D eigenvalue weighted by Gasteiger charge is 2.17. The molecular weight excluding hydrogens is 348 g/mol. The van der Waals surface area contributed by atoms with Gasteiger partial charge in [0, 0.05) is 43.1 Å². The molecule has 8 nitrogen and oxygen atoms in total. The molecule has 0 spiro atoms. The second-order valence-electron chi connectivity index (χ2n) is 6.44. The molecule has 8 heteroatoms. The first-order valence-electron chi connectivity index (χ1n) is 8.57. The van der Waals surface area contributed by atoms with Gasteiger partial charge in [-0.15, -0.1) is 0 Å². The number of carbonyl (C=O) groups excluding carboxylic acids is 1. The van der Waals surface area contributed by atoms with Crippen molar-refractivity contribution in [2.45, 2.75) is 20.4 Å². The Morgan fingerprint density at radius 3 is 2.74 bits per heavy atom. The maximum absolute atomic E-state index is 12.8. The molecule has 2 heterocycles. The molecule has 0 unspecified atom stereocenters. The molecule has 0 atom stereocenters. The van der Waals surface area contributed by atoms with E-state index in [4.69, 9.17) is 4.42 Å². The number of aryl methyl sites for hydroxylation is 3. The van der Waals surface area contributed by atoms with Crippen molar-refractivity contribution in [3.8, 4) is 0 Å². The largest absolute Gasteiger partial charge is 0.423 e. The van der Waals surface area contributed by atoms with Crippen molar-refractivity contribution < 1.29 is 14.3 Å². The van der Waals surface area contributed by atoms with Gasteiger partial charge in [-0.2, -0.15) is 0 Å². The Bertz CT molecular complexity index is 1040. The normalized spacial score (nSPS) is 11.0. The van der Waals surface area contributed by atoms with E-state index in [9.17, 15) is 14.7 Å². The van der Waals surface area contributed by atoms with Crippen molar-refractivity contribution in [2.24, 2.45) is 7.05 Å². The number of nitrogens with zero attached hydrogens (tertiary/aromatic N) is 3. The van der Waals surface area contributed by atoms with Crippen LogP contribution in [0.2, 0.25) is 0 Å². The van der Waals surface area contributed by atoms with Crippen molar-refractivity contribution in [3.63, 3.8) is 0 Å². The molecule has 0 fully saturated rings. The van der Waals surface area contributed by atoms with Crippen LogP contribution in [0, 0.1) is 13.8 Å². The third-order valence-corrected chi connectivity index (χ3v) is 4.45. The lowest BCUT2D eigenvalue weighted by Gasteiger charge is -2.22. The Balaban J connectivity index is 1.87. The van der Waals surface area contributed by atoms with Gasteiger partial charge in [-0.05, 0) is 37.1 Å². The van der Waals surface area contributed by atoms with Gasteiger partial charge >= 0.3 is 11.7 Å². The number of aliphatic hydroxyl groups is 1. The zero-order chi connectivity index (χ0) is 19.6. The minimum absolute atomic E-state index is 0.154. The lowest BCUT2D eigenvalue weighted by Crippen LogP contribution is -2.37. The Morgan fingerprint density at radius 2 is 2.07 bits per heavy atom. The van der Waals surface area contributed by atoms with Crippen molar-refractivity contribution in [1.82, 2.24) is 14.5 Å². The summed E-state index contributed by atoms with van der Waals surface area (Å²) in [6.45, 7) is 3.94. The molecular formula is C19H22N4O4.